The third kappa shape index (κ3) is 3.91. The first-order chi connectivity index (χ1) is 9.19. The Labute approximate surface area is 117 Å². The molecule has 100 valence electrons. The Hall–Kier alpha value is -1.65. The molecule has 2 rings (SSSR count). The van der Waals surface area contributed by atoms with E-state index in [9.17, 15) is 4.79 Å². The van der Waals surface area contributed by atoms with Crippen molar-refractivity contribution < 1.29 is 4.79 Å². The summed E-state index contributed by atoms with van der Waals surface area (Å²) in [4.78, 5) is 16.1. The van der Waals surface area contributed by atoms with Gasteiger partial charge in [0.25, 0.3) is 0 Å². The van der Waals surface area contributed by atoms with Crippen LogP contribution in [0, 0.1) is 0 Å². The lowest BCUT2D eigenvalue weighted by molar-refractivity contribution is -0.120. The van der Waals surface area contributed by atoms with E-state index in [1.807, 2.05) is 24.3 Å². The van der Waals surface area contributed by atoms with Gasteiger partial charge in [0.1, 0.15) is 0 Å². The topological polar surface area (TPSA) is 68.0 Å². The van der Waals surface area contributed by atoms with E-state index in [0.717, 1.165) is 23.0 Å². The quantitative estimate of drug-likeness (QED) is 0.820. The summed E-state index contributed by atoms with van der Waals surface area (Å²) in [6, 6.07) is 9.34. The van der Waals surface area contributed by atoms with Crippen molar-refractivity contribution in [3.63, 3.8) is 0 Å². The predicted octanol–water partition coefficient (Wildman–Crippen LogP) is 1.90. The van der Waals surface area contributed by atoms with Crippen molar-refractivity contribution in [2.75, 3.05) is 13.1 Å². The zero-order valence-electron chi connectivity index (χ0n) is 10.5. The Morgan fingerprint density at radius 3 is 2.89 bits per heavy atom. The van der Waals surface area contributed by atoms with Crippen LogP contribution in [0.5, 0.6) is 0 Å². The minimum Gasteiger partial charge on any atom is -0.356 e. The first-order valence-electron chi connectivity index (χ1n) is 6.21. The maximum atomic E-state index is 11.7. The lowest BCUT2D eigenvalue weighted by Gasteiger charge is -2.05. The third-order valence-electron chi connectivity index (χ3n) is 2.76. The Morgan fingerprint density at radius 2 is 2.11 bits per heavy atom. The number of nitrogens with one attached hydrogen (secondary N) is 1. The fourth-order valence-corrected chi connectivity index (χ4v) is 1.95. The highest BCUT2D eigenvalue weighted by molar-refractivity contribution is 6.31. The second kappa shape index (κ2) is 6.50. The number of benzene rings is 1. The number of rotatable bonds is 5. The van der Waals surface area contributed by atoms with Crippen molar-refractivity contribution in [3.8, 4) is 0 Å². The van der Waals surface area contributed by atoms with Gasteiger partial charge in [-0.25, -0.2) is 0 Å². The minimum atomic E-state index is -0.0395. The molecule has 0 fully saturated rings. The first kappa shape index (κ1) is 13.8. The number of halogens is 1. The van der Waals surface area contributed by atoms with Crippen molar-refractivity contribution in [1.29, 1.82) is 0 Å². The summed E-state index contributed by atoms with van der Waals surface area (Å²) in [5.74, 6) is -0.0395. The molecular formula is C14H16ClN3O. The summed E-state index contributed by atoms with van der Waals surface area (Å²) in [6.07, 6.45) is 1.06. The number of carbonyl (C=O) groups excluding carboxylic acids is 1. The molecule has 0 atom stereocenters. The molecule has 0 saturated carbocycles. The molecule has 0 aliphatic heterocycles. The lowest BCUT2D eigenvalue weighted by Crippen LogP contribution is -2.27. The second-order valence-electron chi connectivity index (χ2n) is 4.31. The number of aromatic nitrogens is 1. The van der Waals surface area contributed by atoms with Gasteiger partial charge in [-0.2, -0.15) is 0 Å². The van der Waals surface area contributed by atoms with E-state index in [-0.39, 0.29) is 12.3 Å². The van der Waals surface area contributed by atoms with Crippen LogP contribution in [-0.4, -0.2) is 24.0 Å². The van der Waals surface area contributed by atoms with Gasteiger partial charge < -0.3 is 11.1 Å². The fraction of sp³-hybridized carbons (Fsp3) is 0.286. The summed E-state index contributed by atoms with van der Waals surface area (Å²) in [6.45, 7) is 1.18. The molecule has 19 heavy (non-hydrogen) atoms. The van der Waals surface area contributed by atoms with Gasteiger partial charge in [-0.3, -0.25) is 9.78 Å². The molecule has 0 unspecified atom stereocenters. The molecule has 1 aromatic carbocycles. The molecule has 0 radical (unpaired) electrons. The van der Waals surface area contributed by atoms with E-state index in [4.69, 9.17) is 17.3 Å². The molecule has 1 aromatic heterocycles. The van der Waals surface area contributed by atoms with E-state index in [0.29, 0.717) is 18.1 Å². The number of hydrogen-bond acceptors (Lipinski definition) is 3. The van der Waals surface area contributed by atoms with Gasteiger partial charge in [-0.15, -0.1) is 0 Å². The average molecular weight is 278 g/mol. The van der Waals surface area contributed by atoms with Crippen LogP contribution in [-0.2, 0) is 11.2 Å². The number of amides is 1. The standard InChI is InChI=1S/C14H16ClN3O/c15-11-4-2-10-3-5-12(18-13(10)8-11)9-14(19)17-7-1-6-16/h2-5,8H,1,6-7,9,16H2,(H,17,19). The van der Waals surface area contributed by atoms with Gasteiger partial charge in [-0.05, 0) is 31.2 Å². The van der Waals surface area contributed by atoms with Crippen molar-refractivity contribution in [1.82, 2.24) is 10.3 Å². The molecule has 0 spiro atoms. The third-order valence-corrected chi connectivity index (χ3v) is 2.99. The Morgan fingerprint density at radius 1 is 1.32 bits per heavy atom. The smallest absolute Gasteiger partial charge is 0.226 e. The Bertz CT molecular complexity index is 586. The molecule has 0 bridgehead atoms. The van der Waals surface area contributed by atoms with Crippen LogP contribution in [0.25, 0.3) is 10.9 Å². The average Bonchev–Trinajstić information content (AvgIpc) is 2.38. The van der Waals surface area contributed by atoms with E-state index in [1.165, 1.54) is 0 Å². The second-order valence-corrected chi connectivity index (χ2v) is 4.75. The maximum absolute atomic E-state index is 11.7. The zero-order valence-corrected chi connectivity index (χ0v) is 11.3. The zero-order chi connectivity index (χ0) is 13.7. The molecule has 4 nitrogen and oxygen atoms in total. The molecule has 0 aliphatic rings. The number of nitrogens with zero attached hydrogens (tertiary/aromatic N) is 1. The van der Waals surface area contributed by atoms with Crippen LogP contribution < -0.4 is 11.1 Å². The van der Waals surface area contributed by atoms with E-state index in [2.05, 4.69) is 10.3 Å². The van der Waals surface area contributed by atoms with Crippen LogP contribution in [0.1, 0.15) is 12.1 Å². The van der Waals surface area contributed by atoms with Crippen LogP contribution in [0.4, 0.5) is 0 Å². The summed E-state index contributed by atoms with van der Waals surface area (Å²) in [5, 5.41) is 4.46. The molecule has 5 heteroatoms. The van der Waals surface area contributed by atoms with E-state index in [1.54, 1.807) is 6.07 Å². The lowest BCUT2D eigenvalue weighted by atomic mass is 10.2. The van der Waals surface area contributed by atoms with Crippen molar-refractivity contribution in [3.05, 3.63) is 41.0 Å². The van der Waals surface area contributed by atoms with Gasteiger partial charge in [0.05, 0.1) is 17.6 Å². The van der Waals surface area contributed by atoms with Gasteiger partial charge >= 0.3 is 0 Å². The van der Waals surface area contributed by atoms with Gasteiger partial charge in [0.15, 0.2) is 0 Å². The molecule has 1 heterocycles. The Balaban J connectivity index is 2.06. The normalized spacial score (nSPS) is 10.6. The number of fused-ring (bicyclic) bond motifs is 1. The summed E-state index contributed by atoms with van der Waals surface area (Å²) in [7, 11) is 0. The van der Waals surface area contributed by atoms with Crippen LogP contribution in [0.3, 0.4) is 0 Å². The first-order valence-corrected chi connectivity index (χ1v) is 6.59. The van der Waals surface area contributed by atoms with Crippen molar-refractivity contribution in [2.45, 2.75) is 12.8 Å². The van der Waals surface area contributed by atoms with Gasteiger partial charge in [0.2, 0.25) is 5.91 Å². The predicted molar refractivity (Wildman–Crippen MR) is 77.1 cm³/mol. The van der Waals surface area contributed by atoms with Crippen LogP contribution in [0.2, 0.25) is 5.02 Å². The Kier molecular flexibility index (Phi) is 4.71. The molecule has 2 aromatic rings. The largest absolute Gasteiger partial charge is 0.356 e. The van der Waals surface area contributed by atoms with Crippen LogP contribution in [0.15, 0.2) is 30.3 Å². The van der Waals surface area contributed by atoms with Crippen molar-refractivity contribution in [2.24, 2.45) is 5.73 Å². The van der Waals surface area contributed by atoms with Gasteiger partial charge in [0, 0.05) is 17.0 Å². The number of pyridine rings is 1. The summed E-state index contributed by atoms with van der Waals surface area (Å²) >= 11 is 5.93. The molecule has 3 N–H and O–H groups in total. The molecular weight excluding hydrogens is 262 g/mol. The highest BCUT2D eigenvalue weighted by atomic mass is 35.5. The summed E-state index contributed by atoms with van der Waals surface area (Å²) < 4.78 is 0. The molecule has 0 aliphatic carbocycles. The van der Waals surface area contributed by atoms with E-state index >= 15 is 0 Å². The summed E-state index contributed by atoms with van der Waals surface area (Å²) in [5.41, 5.74) is 6.91. The van der Waals surface area contributed by atoms with Gasteiger partial charge in [-0.1, -0.05) is 23.7 Å². The highest BCUT2D eigenvalue weighted by Crippen LogP contribution is 2.18. The van der Waals surface area contributed by atoms with Crippen molar-refractivity contribution >= 4 is 28.4 Å². The number of nitrogens with two attached hydrogens (primary N) is 1. The SMILES string of the molecule is NCCCNC(=O)Cc1ccc2ccc(Cl)cc2n1. The number of hydrogen-bond donors (Lipinski definition) is 2. The monoisotopic (exact) mass is 277 g/mol. The fourth-order valence-electron chi connectivity index (χ4n) is 1.79. The maximum Gasteiger partial charge on any atom is 0.226 e. The highest BCUT2D eigenvalue weighted by Gasteiger charge is 2.05. The minimum absolute atomic E-state index is 0.0395. The molecule has 1 amide bonds. The molecule has 0 saturated heterocycles. The van der Waals surface area contributed by atoms with Crippen LogP contribution >= 0.6 is 11.6 Å². The van der Waals surface area contributed by atoms with E-state index < -0.39 is 0 Å². The number of carbonyl (C=O) groups is 1.